The van der Waals surface area contributed by atoms with Gasteiger partial charge in [-0.1, -0.05) is 28.7 Å². The molecule has 0 saturated carbocycles. The van der Waals surface area contributed by atoms with E-state index in [1.54, 1.807) is 6.07 Å². The summed E-state index contributed by atoms with van der Waals surface area (Å²) in [5.74, 6) is -0.390. The first-order chi connectivity index (χ1) is 11.7. The van der Waals surface area contributed by atoms with Gasteiger partial charge in [0.1, 0.15) is 21.9 Å². The van der Waals surface area contributed by atoms with E-state index in [9.17, 15) is 8.94 Å². The fraction of sp³-hybridized carbons (Fsp3) is 0.263. The lowest BCUT2D eigenvalue weighted by atomic mass is 9.96. The standard InChI is InChI=1S/C19H20FNO2S2/c1-19(2,3)25(22)21-12-13-11-14(20)9-10-15(13)16-7-5-6-8-17(16)18(24)23-4/h5-12H,1-4H3. The number of halogens is 1. The van der Waals surface area contributed by atoms with Gasteiger partial charge in [-0.15, -0.1) is 0 Å². The molecule has 3 nitrogen and oxygen atoms in total. The van der Waals surface area contributed by atoms with Crippen LogP contribution in [0, 0.1) is 5.82 Å². The lowest BCUT2D eigenvalue weighted by Gasteiger charge is -2.18. The number of rotatable bonds is 4. The minimum absolute atomic E-state index is 0.348. The van der Waals surface area contributed by atoms with Crippen LogP contribution in [-0.4, -0.2) is 27.7 Å². The molecule has 0 aromatic heterocycles. The minimum Gasteiger partial charge on any atom is -0.591 e. The van der Waals surface area contributed by atoms with Gasteiger partial charge in [0.25, 0.3) is 0 Å². The average molecular weight is 378 g/mol. The molecule has 6 heteroatoms. The Morgan fingerprint density at radius 2 is 1.88 bits per heavy atom. The molecular formula is C19H20FNO2S2. The summed E-state index contributed by atoms with van der Waals surface area (Å²) in [6.45, 7) is 5.50. The molecule has 0 aliphatic rings. The Hall–Kier alpha value is -1.76. The fourth-order valence-electron chi connectivity index (χ4n) is 2.15. The molecule has 1 atom stereocenters. The lowest BCUT2D eigenvalue weighted by molar-refractivity contribution is 0.416. The van der Waals surface area contributed by atoms with Gasteiger partial charge in [-0.3, -0.25) is 0 Å². The highest BCUT2D eigenvalue weighted by molar-refractivity contribution is 7.91. The summed E-state index contributed by atoms with van der Waals surface area (Å²) in [6, 6.07) is 11.9. The van der Waals surface area contributed by atoms with Crippen LogP contribution in [0.5, 0.6) is 0 Å². The second-order valence-electron chi connectivity index (χ2n) is 6.36. The van der Waals surface area contributed by atoms with Gasteiger partial charge in [-0.25, -0.2) is 4.39 Å². The van der Waals surface area contributed by atoms with Crippen LogP contribution < -0.4 is 0 Å². The molecule has 0 amide bonds. The maximum atomic E-state index is 13.8. The average Bonchev–Trinajstić information content (AvgIpc) is 2.58. The predicted octanol–water partition coefficient (Wildman–Crippen LogP) is 4.70. The van der Waals surface area contributed by atoms with Crippen LogP contribution in [0.4, 0.5) is 4.39 Å². The number of hydrogen-bond donors (Lipinski definition) is 0. The van der Waals surface area contributed by atoms with Crippen LogP contribution in [0.2, 0.25) is 0 Å². The second kappa shape index (κ2) is 8.08. The number of ether oxygens (including phenoxy) is 1. The third-order valence-electron chi connectivity index (χ3n) is 3.45. The Bertz CT molecular complexity index is 800. The first kappa shape index (κ1) is 19.6. The lowest BCUT2D eigenvalue weighted by Crippen LogP contribution is -2.25. The van der Waals surface area contributed by atoms with Crippen molar-refractivity contribution in [2.75, 3.05) is 7.11 Å². The van der Waals surface area contributed by atoms with Crippen molar-refractivity contribution in [1.29, 1.82) is 0 Å². The van der Waals surface area contributed by atoms with Crippen LogP contribution in [0.3, 0.4) is 0 Å². The maximum Gasteiger partial charge on any atom is 0.191 e. The van der Waals surface area contributed by atoms with Gasteiger partial charge in [0, 0.05) is 11.1 Å². The molecule has 0 radical (unpaired) electrons. The van der Waals surface area contributed by atoms with Gasteiger partial charge in [-0.05, 0) is 62.3 Å². The van der Waals surface area contributed by atoms with Crippen molar-refractivity contribution in [2.45, 2.75) is 25.5 Å². The van der Waals surface area contributed by atoms with E-state index in [0.717, 1.165) is 16.7 Å². The largest absolute Gasteiger partial charge is 0.591 e. The number of hydrogen-bond acceptors (Lipinski definition) is 4. The first-order valence-electron chi connectivity index (χ1n) is 7.67. The molecule has 0 saturated heterocycles. The zero-order valence-electron chi connectivity index (χ0n) is 14.6. The Kier molecular flexibility index (Phi) is 6.32. The third-order valence-corrected chi connectivity index (χ3v) is 5.18. The fourth-order valence-corrected chi connectivity index (χ4v) is 2.86. The molecule has 25 heavy (non-hydrogen) atoms. The number of nitrogens with zero attached hydrogens (tertiary/aromatic N) is 1. The Balaban J connectivity index is 2.54. The highest BCUT2D eigenvalue weighted by Gasteiger charge is 2.26. The van der Waals surface area contributed by atoms with E-state index in [0.29, 0.717) is 10.6 Å². The van der Waals surface area contributed by atoms with Gasteiger partial charge in [0.15, 0.2) is 5.05 Å². The number of thiocarbonyl (C=S) groups is 1. The number of benzene rings is 2. The Morgan fingerprint density at radius 1 is 1.20 bits per heavy atom. The van der Waals surface area contributed by atoms with Crippen LogP contribution in [0.25, 0.3) is 11.1 Å². The van der Waals surface area contributed by atoms with Crippen LogP contribution in [0.15, 0.2) is 46.9 Å². The van der Waals surface area contributed by atoms with Gasteiger partial charge in [0.2, 0.25) is 0 Å². The zero-order chi connectivity index (χ0) is 18.6. The summed E-state index contributed by atoms with van der Waals surface area (Å²) in [4.78, 5) is 0. The van der Waals surface area contributed by atoms with E-state index in [-0.39, 0.29) is 0 Å². The molecule has 2 aromatic carbocycles. The Labute approximate surface area is 156 Å². The van der Waals surface area contributed by atoms with E-state index < -0.39 is 21.9 Å². The molecular weight excluding hydrogens is 357 g/mol. The van der Waals surface area contributed by atoms with Crippen molar-refractivity contribution < 1.29 is 13.7 Å². The van der Waals surface area contributed by atoms with E-state index in [4.69, 9.17) is 17.0 Å². The number of methoxy groups -OCH3 is 1. The molecule has 0 fully saturated rings. The summed E-state index contributed by atoms with van der Waals surface area (Å²) in [6.07, 6.45) is 1.45. The molecule has 2 aromatic rings. The van der Waals surface area contributed by atoms with Crippen molar-refractivity contribution >= 4 is 34.8 Å². The van der Waals surface area contributed by atoms with Crippen molar-refractivity contribution in [3.05, 3.63) is 59.4 Å². The summed E-state index contributed by atoms with van der Waals surface area (Å²) in [7, 11) is 1.51. The molecule has 0 heterocycles. The van der Waals surface area contributed by atoms with E-state index in [1.807, 2.05) is 45.0 Å². The molecule has 2 rings (SSSR count). The molecule has 0 N–H and O–H groups in total. The SMILES string of the molecule is COC(=S)c1ccccc1-c1ccc(F)cc1C=N[S+]([O-])C(C)(C)C. The predicted molar refractivity (Wildman–Crippen MR) is 106 cm³/mol. The van der Waals surface area contributed by atoms with Crippen molar-refractivity contribution in [3.63, 3.8) is 0 Å². The first-order valence-corrected chi connectivity index (χ1v) is 9.19. The molecule has 1 unspecified atom stereocenters. The highest BCUT2D eigenvalue weighted by Crippen LogP contribution is 2.28. The summed E-state index contributed by atoms with van der Waals surface area (Å²) in [5, 5.41) is 0.348. The van der Waals surface area contributed by atoms with Gasteiger partial charge in [0.05, 0.1) is 13.3 Å². The van der Waals surface area contributed by atoms with Gasteiger partial charge in [-0.2, -0.15) is 0 Å². The summed E-state index contributed by atoms with van der Waals surface area (Å²) in [5.41, 5.74) is 2.81. The van der Waals surface area contributed by atoms with E-state index in [1.165, 1.54) is 25.5 Å². The normalized spacial score (nSPS) is 13.0. The van der Waals surface area contributed by atoms with Gasteiger partial charge >= 0.3 is 0 Å². The van der Waals surface area contributed by atoms with E-state index in [2.05, 4.69) is 4.40 Å². The Morgan fingerprint density at radius 3 is 2.52 bits per heavy atom. The monoisotopic (exact) mass is 377 g/mol. The molecule has 0 bridgehead atoms. The highest BCUT2D eigenvalue weighted by atomic mass is 32.2. The van der Waals surface area contributed by atoms with Crippen molar-refractivity contribution in [2.24, 2.45) is 4.40 Å². The van der Waals surface area contributed by atoms with Crippen LogP contribution in [-0.2, 0) is 16.1 Å². The molecule has 0 aliphatic carbocycles. The van der Waals surface area contributed by atoms with E-state index >= 15 is 0 Å². The third kappa shape index (κ3) is 4.87. The topological polar surface area (TPSA) is 44.6 Å². The molecule has 0 aliphatic heterocycles. The van der Waals surface area contributed by atoms with Crippen LogP contribution >= 0.6 is 12.2 Å². The van der Waals surface area contributed by atoms with Crippen LogP contribution in [0.1, 0.15) is 31.9 Å². The minimum atomic E-state index is -1.43. The van der Waals surface area contributed by atoms with Crippen molar-refractivity contribution in [1.82, 2.24) is 0 Å². The summed E-state index contributed by atoms with van der Waals surface area (Å²) >= 11 is 3.83. The van der Waals surface area contributed by atoms with Gasteiger partial charge < -0.3 is 9.29 Å². The smallest absolute Gasteiger partial charge is 0.191 e. The quantitative estimate of drug-likeness (QED) is 0.441. The molecule has 132 valence electrons. The zero-order valence-corrected chi connectivity index (χ0v) is 16.2. The maximum absolute atomic E-state index is 13.8. The summed E-state index contributed by atoms with van der Waals surface area (Å²) < 4.78 is 34.7. The second-order valence-corrected chi connectivity index (χ2v) is 8.67. The molecule has 0 spiro atoms. The van der Waals surface area contributed by atoms with Crippen molar-refractivity contribution in [3.8, 4) is 11.1 Å².